The van der Waals surface area contributed by atoms with E-state index in [1.54, 1.807) is 11.8 Å². The van der Waals surface area contributed by atoms with E-state index in [2.05, 4.69) is 10.6 Å². The Balaban J connectivity index is 2.08. The molecule has 31 heavy (non-hydrogen) atoms. The van der Waals surface area contributed by atoms with Gasteiger partial charge in [0.15, 0.2) is 0 Å². The van der Waals surface area contributed by atoms with E-state index in [-0.39, 0.29) is 24.8 Å². The fourth-order valence-electron chi connectivity index (χ4n) is 4.17. The van der Waals surface area contributed by atoms with Gasteiger partial charge in [0.05, 0.1) is 5.92 Å². The lowest BCUT2D eigenvalue weighted by atomic mass is 9.86. The van der Waals surface area contributed by atoms with Crippen molar-refractivity contribution in [2.75, 3.05) is 26.2 Å². The second-order valence-electron chi connectivity index (χ2n) is 7.56. The van der Waals surface area contributed by atoms with E-state index >= 15 is 0 Å². The summed E-state index contributed by atoms with van der Waals surface area (Å²) >= 11 is 0. The molecule has 0 aliphatic carbocycles. The Labute approximate surface area is 177 Å². The van der Waals surface area contributed by atoms with E-state index in [0.717, 1.165) is 6.07 Å². The Bertz CT molecular complexity index is 870. The number of benzene rings is 1. The predicted octanol–water partition coefficient (Wildman–Crippen LogP) is 1.10. The number of rotatable bonds is 6. The van der Waals surface area contributed by atoms with Crippen LogP contribution in [0.3, 0.4) is 0 Å². The van der Waals surface area contributed by atoms with Crippen LogP contribution >= 0.6 is 0 Å². The van der Waals surface area contributed by atoms with Crippen molar-refractivity contribution >= 4 is 17.7 Å². The van der Waals surface area contributed by atoms with Crippen molar-refractivity contribution in [3.63, 3.8) is 0 Å². The molecule has 11 heteroatoms. The number of amides is 3. The maximum absolute atomic E-state index is 14.2. The summed E-state index contributed by atoms with van der Waals surface area (Å²) in [5.74, 6) is -3.95. The lowest BCUT2D eigenvalue weighted by Crippen LogP contribution is -2.65. The van der Waals surface area contributed by atoms with Gasteiger partial charge in [0.2, 0.25) is 17.5 Å². The van der Waals surface area contributed by atoms with Crippen LogP contribution in [-0.2, 0) is 20.6 Å². The summed E-state index contributed by atoms with van der Waals surface area (Å²) in [5, 5.41) is 5.19. The Morgan fingerprint density at radius 2 is 1.94 bits per heavy atom. The van der Waals surface area contributed by atoms with Crippen LogP contribution in [0.2, 0.25) is 0 Å². The highest BCUT2D eigenvalue weighted by atomic mass is 19.4. The van der Waals surface area contributed by atoms with E-state index in [1.165, 1.54) is 12.1 Å². The number of imide groups is 1. The molecule has 2 saturated heterocycles. The maximum atomic E-state index is 14.2. The number of ether oxygens (including phenoxy) is 1. The molecule has 170 valence electrons. The van der Waals surface area contributed by atoms with Crippen LogP contribution < -0.4 is 21.1 Å². The summed E-state index contributed by atoms with van der Waals surface area (Å²) in [6, 6.07) is 3.65. The van der Waals surface area contributed by atoms with Crippen molar-refractivity contribution in [2.24, 2.45) is 5.73 Å². The molecule has 0 bridgehead atoms. The molecule has 2 unspecified atom stereocenters. The smallest absolute Gasteiger partial charge is 0.420 e. The Morgan fingerprint density at radius 3 is 2.48 bits per heavy atom. The van der Waals surface area contributed by atoms with Crippen molar-refractivity contribution in [1.29, 1.82) is 0 Å². The minimum Gasteiger partial charge on any atom is -0.462 e. The number of hydrogen-bond donors (Lipinski definition) is 3. The molecule has 0 aromatic heterocycles. The normalized spacial score (nSPS) is 22.5. The number of nitrogens with two attached hydrogens (primary N) is 1. The number of hydrogen-bond acceptors (Lipinski definition) is 6. The van der Waals surface area contributed by atoms with E-state index < -0.39 is 46.9 Å². The summed E-state index contributed by atoms with van der Waals surface area (Å²) < 4.78 is 48.3. The van der Waals surface area contributed by atoms with Crippen molar-refractivity contribution < 1.29 is 32.3 Å². The highest BCUT2D eigenvalue weighted by Crippen LogP contribution is 2.44. The molecule has 0 radical (unpaired) electrons. The zero-order chi connectivity index (χ0) is 22.8. The molecule has 0 saturated carbocycles. The molecule has 4 N–H and O–H groups in total. The van der Waals surface area contributed by atoms with Crippen molar-refractivity contribution in [3.05, 3.63) is 29.3 Å². The minimum atomic E-state index is -4.87. The van der Waals surface area contributed by atoms with Crippen LogP contribution in [0.15, 0.2) is 18.2 Å². The van der Waals surface area contributed by atoms with Crippen LogP contribution in [-0.4, -0.2) is 54.5 Å². The quantitative estimate of drug-likeness (QED) is 0.569. The Kier molecular flexibility index (Phi) is 6.56. The number of piperazine rings is 1. The third kappa shape index (κ3) is 4.52. The van der Waals surface area contributed by atoms with Crippen molar-refractivity contribution in [3.8, 4) is 5.75 Å². The van der Waals surface area contributed by atoms with Gasteiger partial charge >= 0.3 is 6.18 Å². The minimum absolute atomic E-state index is 0.0300. The van der Waals surface area contributed by atoms with E-state index in [9.17, 15) is 27.6 Å². The van der Waals surface area contributed by atoms with Crippen LogP contribution in [0.4, 0.5) is 13.2 Å². The summed E-state index contributed by atoms with van der Waals surface area (Å²) in [6.07, 6.45) is -4.96. The molecule has 3 amide bonds. The number of piperidine rings is 1. The summed E-state index contributed by atoms with van der Waals surface area (Å²) in [7, 11) is 0. The predicted molar refractivity (Wildman–Crippen MR) is 104 cm³/mol. The monoisotopic (exact) mass is 442 g/mol. The van der Waals surface area contributed by atoms with Gasteiger partial charge in [-0.2, -0.15) is 13.2 Å². The largest absolute Gasteiger partial charge is 0.462 e. The third-order valence-corrected chi connectivity index (χ3v) is 5.73. The van der Waals surface area contributed by atoms with Crippen LogP contribution in [0.25, 0.3) is 0 Å². The molecule has 1 aromatic rings. The van der Waals surface area contributed by atoms with Gasteiger partial charge in [-0.3, -0.25) is 24.6 Å². The first-order chi connectivity index (χ1) is 14.6. The average molecular weight is 442 g/mol. The van der Waals surface area contributed by atoms with Crippen LogP contribution in [0.1, 0.15) is 43.2 Å². The SMILES string of the molecule is CCC(Oc1cccc(C2CCC(=O)NC2=O)c1C(F)(F)F)(C(N)=O)N1CCNCC1. The van der Waals surface area contributed by atoms with Gasteiger partial charge in [-0.15, -0.1) is 0 Å². The Morgan fingerprint density at radius 1 is 1.26 bits per heavy atom. The lowest BCUT2D eigenvalue weighted by molar-refractivity contribution is -0.161. The second kappa shape index (κ2) is 8.83. The molecule has 8 nitrogen and oxygen atoms in total. The molecule has 2 fully saturated rings. The number of carbonyl (C=O) groups is 3. The Hall–Kier alpha value is -2.66. The fraction of sp³-hybridized carbons (Fsp3) is 0.550. The molecule has 2 heterocycles. The number of carbonyl (C=O) groups excluding carboxylic acids is 3. The first-order valence-corrected chi connectivity index (χ1v) is 10.1. The molecule has 2 atom stereocenters. The lowest BCUT2D eigenvalue weighted by Gasteiger charge is -2.43. The van der Waals surface area contributed by atoms with Gasteiger partial charge in [-0.05, 0) is 18.1 Å². The first kappa shape index (κ1) is 23.0. The highest BCUT2D eigenvalue weighted by Gasteiger charge is 2.47. The number of nitrogens with zero attached hydrogens (tertiary/aromatic N) is 1. The van der Waals surface area contributed by atoms with Crippen LogP contribution in [0.5, 0.6) is 5.75 Å². The molecular weight excluding hydrogens is 417 g/mol. The van der Waals surface area contributed by atoms with E-state index in [4.69, 9.17) is 10.5 Å². The zero-order valence-corrected chi connectivity index (χ0v) is 17.1. The topological polar surface area (TPSA) is 114 Å². The molecule has 2 aliphatic rings. The van der Waals surface area contributed by atoms with Crippen molar-refractivity contribution in [2.45, 2.75) is 44.0 Å². The van der Waals surface area contributed by atoms with Gasteiger partial charge in [-0.25, -0.2) is 0 Å². The number of alkyl halides is 3. The standard InChI is InChI=1S/C20H25F3N4O4/c1-2-19(18(24)30,27-10-8-25-9-11-27)31-14-5-3-4-12(16(14)20(21,22)23)13-6-7-15(28)26-17(13)29/h3-5,13,25H,2,6-11H2,1H3,(H2,24,30)(H,26,28,29). The van der Waals surface area contributed by atoms with Crippen LogP contribution in [0, 0.1) is 0 Å². The highest BCUT2D eigenvalue weighted by molar-refractivity contribution is 6.01. The van der Waals surface area contributed by atoms with Crippen molar-refractivity contribution in [1.82, 2.24) is 15.5 Å². The molecule has 0 spiro atoms. The summed E-state index contributed by atoms with van der Waals surface area (Å²) in [4.78, 5) is 37.8. The van der Waals surface area contributed by atoms with Gasteiger partial charge in [0.25, 0.3) is 5.91 Å². The number of halogens is 3. The maximum Gasteiger partial charge on any atom is 0.420 e. The first-order valence-electron chi connectivity index (χ1n) is 10.1. The van der Waals surface area contributed by atoms with Gasteiger partial charge in [0.1, 0.15) is 11.3 Å². The number of primary amides is 1. The van der Waals surface area contributed by atoms with E-state index in [1.807, 2.05) is 0 Å². The fourth-order valence-corrected chi connectivity index (χ4v) is 4.17. The van der Waals surface area contributed by atoms with E-state index in [0.29, 0.717) is 26.2 Å². The zero-order valence-electron chi connectivity index (χ0n) is 17.1. The van der Waals surface area contributed by atoms with Gasteiger partial charge in [0, 0.05) is 39.0 Å². The molecule has 2 aliphatic heterocycles. The summed E-state index contributed by atoms with van der Waals surface area (Å²) in [6.45, 7) is 3.40. The average Bonchev–Trinajstić information content (AvgIpc) is 2.71. The molecule has 3 rings (SSSR count). The third-order valence-electron chi connectivity index (χ3n) is 5.73. The van der Waals surface area contributed by atoms with Gasteiger partial charge < -0.3 is 15.8 Å². The molecular formula is C20H25F3N4O4. The van der Waals surface area contributed by atoms with Gasteiger partial charge in [-0.1, -0.05) is 19.1 Å². The molecule has 1 aromatic carbocycles. The summed E-state index contributed by atoms with van der Waals surface area (Å²) in [5.41, 5.74) is 2.42. The second-order valence-corrected chi connectivity index (χ2v) is 7.56. The number of nitrogens with one attached hydrogen (secondary N) is 2.